The largest absolute Gasteiger partial charge is 0.477 e. The van der Waals surface area contributed by atoms with E-state index >= 15 is 0 Å². The first-order valence-electron chi connectivity index (χ1n) is 10.2. The summed E-state index contributed by atoms with van der Waals surface area (Å²) >= 11 is 0. The van der Waals surface area contributed by atoms with Crippen molar-refractivity contribution in [3.05, 3.63) is 35.4 Å². The molecule has 4 aliphatic rings. The zero-order chi connectivity index (χ0) is 21.7. The maximum atomic E-state index is 13.0. The van der Waals surface area contributed by atoms with Crippen LogP contribution in [0.3, 0.4) is 0 Å². The van der Waals surface area contributed by atoms with E-state index in [1.807, 2.05) is 6.92 Å². The van der Waals surface area contributed by atoms with E-state index in [4.69, 9.17) is 9.84 Å². The molecule has 1 N–H and O–H groups in total. The molecule has 0 atom stereocenters. The molecule has 0 saturated heterocycles. The highest BCUT2D eigenvalue weighted by Crippen LogP contribution is 2.59. The molecule has 8 heteroatoms. The van der Waals surface area contributed by atoms with Gasteiger partial charge in [0.15, 0.2) is 6.61 Å². The number of carboxylic acids is 1. The van der Waals surface area contributed by atoms with Crippen LogP contribution in [0.25, 0.3) is 0 Å². The highest BCUT2D eigenvalue weighted by atomic mass is 19.3. The highest BCUT2D eigenvalue weighted by Gasteiger charge is 2.57. The summed E-state index contributed by atoms with van der Waals surface area (Å²) in [5.41, 5.74) is -0.282. The lowest BCUT2D eigenvalue weighted by molar-refractivity contribution is -0.170. The zero-order valence-corrected chi connectivity index (χ0v) is 16.6. The number of carbonyl (C=O) groups excluding carboxylic acids is 2. The fourth-order valence-corrected chi connectivity index (χ4v) is 5.59. The van der Waals surface area contributed by atoms with Crippen LogP contribution in [0.2, 0.25) is 0 Å². The molecule has 1 aromatic carbocycles. The number of benzene rings is 1. The number of carbonyl (C=O) groups is 3. The number of ether oxygens (including phenoxy) is 2. The highest BCUT2D eigenvalue weighted by molar-refractivity contribution is 5.93. The van der Waals surface area contributed by atoms with Crippen molar-refractivity contribution in [3.8, 4) is 0 Å². The molecule has 4 saturated carbocycles. The van der Waals surface area contributed by atoms with Gasteiger partial charge in [0.05, 0.1) is 11.1 Å². The molecule has 162 valence electrons. The summed E-state index contributed by atoms with van der Waals surface area (Å²) in [6, 6.07) is 5.32. The van der Waals surface area contributed by atoms with Crippen LogP contribution in [0.15, 0.2) is 24.3 Å². The Bertz CT molecular complexity index is 835. The second kappa shape index (κ2) is 7.32. The molecule has 5 rings (SSSR count). The Kier molecular flexibility index (Phi) is 5.06. The molecule has 0 aromatic heterocycles. The van der Waals surface area contributed by atoms with Crippen LogP contribution in [0.4, 0.5) is 8.78 Å². The fraction of sp³-hybridized carbons (Fsp3) is 0.591. The molecule has 0 radical (unpaired) electrons. The smallest absolute Gasteiger partial charge is 0.378 e. The van der Waals surface area contributed by atoms with Crippen LogP contribution in [0.5, 0.6) is 0 Å². The summed E-state index contributed by atoms with van der Waals surface area (Å²) in [6.45, 7) is 0.473. The molecule has 1 aromatic rings. The van der Waals surface area contributed by atoms with Crippen molar-refractivity contribution in [1.29, 1.82) is 0 Å². The predicted octanol–water partition coefficient (Wildman–Crippen LogP) is 3.93. The van der Waals surface area contributed by atoms with Crippen LogP contribution in [-0.4, -0.2) is 41.1 Å². The molecule has 30 heavy (non-hydrogen) atoms. The van der Waals surface area contributed by atoms with Gasteiger partial charge in [0.1, 0.15) is 5.60 Å². The quantitative estimate of drug-likeness (QED) is 0.699. The van der Waals surface area contributed by atoms with E-state index in [0.717, 1.165) is 37.5 Å². The monoisotopic (exact) mass is 422 g/mol. The number of esters is 2. The molecule has 0 aliphatic heterocycles. The van der Waals surface area contributed by atoms with E-state index in [0.29, 0.717) is 11.8 Å². The van der Waals surface area contributed by atoms with Gasteiger partial charge in [-0.3, -0.25) is 0 Å². The lowest BCUT2D eigenvalue weighted by Gasteiger charge is -2.59. The molecular weight excluding hydrogens is 398 g/mol. The Morgan fingerprint density at radius 1 is 0.967 bits per heavy atom. The minimum Gasteiger partial charge on any atom is -0.477 e. The van der Waals surface area contributed by atoms with Crippen LogP contribution in [0.1, 0.15) is 59.7 Å². The first-order chi connectivity index (χ1) is 14.1. The van der Waals surface area contributed by atoms with Gasteiger partial charge in [-0.25, -0.2) is 14.4 Å². The lowest BCUT2D eigenvalue weighted by atomic mass is 9.50. The van der Waals surface area contributed by atoms with E-state index in [1.54, 1.807) is 0 Å². The Morgan fingerprint density at radius 3 is 1.90 bits per heavy atom. The van der Waals surface area contributed by atoms with Crippen LogP contribution >= 0.6 is 0 Å². The van der Waals surface area contributed by atoms with Gasteiger partial charge in [-0.2, -0.15) is 8.78 Å². The van der Waals surface area contributed by atoms with Gasteiger partial charge < -0.3 is 14.6 Å². The third-order valence-corrected chi connectivity index (χ3v) is 7.13. The predicted molar refractivity (Wildman–Crippen MR) is 100 cm³/mol. The minimum absolute atomic E-state index is 0.0615. The van der Waals surface area contributed by atoms with Crippen LogP contribution in [0, 0.1) is 23.7 Å². The first kappa shape index (κ1) is 20.8. The van der Waals surface area contributed by atoms with Gasteiger partial charge in [-0.15, -0.1) is 0 Å². The summed E-state index contributed by atoms with van der Waals surface area (Å²) < 4.78 is 36.4. The van der Waals surface area contributed by atoms with Crippen molar-refractivity contribution in [3.63, 3.8) is 0 Å². The van der Waals surface area contributed by atoms with Crippen LogP contribution < -0.4 is 0 Å². The number of rotatable bonds is 6. The van der Waals surface area contributed by atoms with Crippen LogP contribution in [-0.2, 0) is 14.3 Å². The average molecular weight is 422 g/mol. The minimum atomic E-state index is -4.16. The van der Waals surface area contributed by atoms with E-state index in [9.17, 15) is 23.2 Å². The molecule has 0 unspecified atom stereocenters. The fourth-order valence-electron chi connectivity index (χ4n) is 5.59. The zero-order valence-electron chi connectivity index (χ0n) is 16.6. The van der Waals surface area contributed by atoms with E-state index in [-0.39, 0.29) is 11.1 Å². The molecule has 4 aliphatic carbocycles. The molecule has 0 heterocycles. The number of halogens is 2. The number of hydrogen-bond donors (Lipinski definition) is 1. The number of hydrogen-bond acceptors (Lipinski definition) is 5. The Hall–Kier alpha value is -2.51. The summed E-state index contributed by atoms with van der Waals surface area (Å²) in [6.07, 6.45) is 5.70. The maximum absolute atomic E-state index is 13.0. The average Bonchev–Trinajstić information content (AvgIpc) is 2.70. The van der Waals surface area contributed by atoms with E-state index in [2.05, 4.69) is 4.74 Å². The third kappa shape index (κ3) is 3.68. The normalized spacial score (nSPS) is 32.0. The van der Waals surface area contributed by atoms with Crippen molar-refractivity contribution in [2.75, 3.05) is 6.61 Å². The van der Waals surface area contributed by atoms with Crippen molar-refractivity contribution in [1.82, 2.24) is 0 Å². The van der Waals surface area contributed by atoms with Crippen molar-refractivity contribution >= 4 is 17.9 Å². The number of aliphatic carboxylic acids is 1. The topological polar surface area (TPSA) is 89.9 Å². The summed E-state index contributed by atoms with van der Waals surface area (Å²) in [7, 11) is 0. The standard InChI is InChI=1S/C22H24F2O6/c1-21(16-7-12-6-13(9-16)10-17(21)8-12)30-19(26)15-4-2-14(3-5-15)18(25)29-11-22(23,24)20(27)28/h2-5,12-13,16-17H,6-11H2,1H3,(H,27,28). The Labute approximate surface area is 172 Å². The maximum Gasteiger partial charge on any atom is 0.378 e. The number of carboxylic acid groups (broad SMARTS) is 1. The lowest BCUT2D eigenvalue weighted by Crippen LogP contribution is -2.58. The molecule has 0 spiro atoms. The summed E-state index contributed by atoms with van der Waals surface area (Å²) in [4.78, 5) is 35.0. The van der Waals surface area contributed by atoms with Gasteiger partial charge in [0.25, 0.3) is 0 Å². The summed E-state index contributed by atoms with van der Waals surface area (Å²) in [5.74, 6) is -5.84. The Balaban J connectivity index is 1.39. The van der Waals surface area contributed by atoms with Gasteiger partial charge in [0.2, 0.25) is 0 Å². The second-order valence-corrected chi connectivity index (χ2v) is 9.04. The molecule has 4 bridgehead atoms. The summed E-state index contributed by atoms with van der Waals surface area (Å²) in [5, 5.41) is 8.36. The number of alkyl halides is 2. The molecule has 0 amide bonds. The third-order valence-electron chi connectivity index (χ3n) is 7.13. The molecular formula is C22H24F2O6. The second-order valence-electron chi connectivity index (χ2n) is 9.04. The van der Waals surface area contributed by atoms with E-state index < -0.39 is 36.0 Å². The van der Waals surface area contributed by atoms with Gasteiger partial charge in [-0.05, 0) is 87.0 Å². The SMILES string of the molecule is CC1(OC(=O)c2ccc(C(=O)OCC(F)(F)C(=O)O)cc2)C2CC3CC(C2)CC1C3. The van der Waals surface area contributed by atoms with Gasteiger partial charge in [-0.1, -0.05) is 0 Å². The molecule has 6 nitrogen and oxygen atoms in total. The Morgan fingerprint density at radius 2 is 1.43 bits per heavy atom. The van der Waals surface area contributed by atoms with E-state index in [1.165, 1.54) is 30.7 Å². The van der Waals surface area contributed by atoms with Crippen molar-refractivity contribution in [2.45, 2.75) is 50.6 Å². The molecule has 4 fully saturated rings. The van der Waals surface area contributed by atoms with Crippen molar-refractivity contribution in [2.24, 2.45) is 23.7 Å². The van der Waals surface area contributed by atoms with Crippen molar-refractivity contribution < 1.29 is 37.7 Å². The first-order valence-corrected chi connectivity index (χ1v) is 10.2. The van der Waals surface area contributed by atoms with Gasteiger partial charge >= 0.3 is 23.8 Å². The van der Waals surface area contributed by atoms with Gasteiger partial charge in [0, 0.05) is 0 Å².